The smallest absolute Gasteiger partial charge is 0.137 e. The fourth-order valence-electron chi connectivity index (χ4n) is 3.34. The number of benzene rings is 2. The first-order valence-corrected chi connectivity index (χ1v) is 8.68. The maximum absolute atomic E-state index is 6.29. The molecule has 3 rings (SSSR count). The highest BCUT2D eigenvalue weighted by Gasteiger charge is 2.15. The number of rotatable bonds is 4. The number of ether oxygens (including phenoxy) is 1. The van der Waals surface area contributed by atoms with Crippen molar-refractivity contribution in [2.75, 3.05) is 6.61 Å². The molecule has 0 saturated heterocycles. The van der Waals surface area contributed by atoms with E-state index in [0.29, 0.717) is 11.6 Å². The molecule has 2 aromatic rings. The Labute approximate surface area is 138 Å². The Bertz CT molecular complexity index is 612. The molecule has 1 aliphatic carbocycles. The van der Waals surface area contributed by atoms with E-state index in [1.54, 1.807) is 0 Å². The summed E-state index contributed by atoms with van der Waals surface area (Å²) in [4.78, 5) is 0. The number of halogens is 1. The Morgan fingerprint density at radius 1 is 0.955 bits per heavy atom. The fraction of sp³-hybridized carbons (Fsp3) is 0.400. The molecule has 0 amide bonds. The minimum atomic E-state index is 0.634. The standard InChI is InChI=1S/C20H23ClO/c1-2-22-20-13-12-18(14-19(20)21)17-10-8-16(9-11-17)15-6-4-3-5-7-15/h8-15H,2-7H2,1H3. The Kier molecular flexibility index (Phi) is 5.04. The second-order valence-electron chi connectivity index (χ2n) is 6.04. The molecule has 2 aromatic carbocycles. The van der Waals surface area contributed by atoms with Crippen molar-refractivity contribution in [3.63, 3.8) is 0 Å². The molecule has 0 heterocycles. The monoisotopic (exact) mass is 314 g/mol. The molecule has 0 bridgehead atoms. The molecular formula is C20H23ClO. The molecule has 0 unspecified atom stereocenters. The van der Waals surface area contributed by atoms with E-state index in [4.69, 9.17) is 16.3 Å². The minimum absolute atomic E-state index is 0.634. The first kappa shape index (κ1) is 15.4. The summed E-state index contributed by atoms with van der Waals surface area (Å²) < 4.78 is 5.49. The molecule has 1 saturated carbocycles. The van der Waals surface area contributed by atoms with E-state index in [1.807, 2.05) is 19.1 Å². The Balaban J connectivity index is 1.78. The van der Waals surface area contributed by atoms with Crippen molar-refractivity contribution < 1.29 is 4.74 Å². The molecule has 1 nitrogen and oxygen atoms in total. The van der Waals surface area contributed by atoms with Crippen LogP contribution in [0.3, 0.4) is 0 Å². The van der Waals surface area contributed by atoms with Crippen LogP contribution in [0.4, 0.5) is 0 Å². The van der Waals surface area contributed by atoms with Gasteiger partial charge in [0.25, 0.3) is 0 Å². The largest absolute Gasteiger partial charge is 0.492 e. The third-order valence-corrected chi connectivity index (χ3v) is 4.85. The average Bonchev–Trinajstić information content (AvgIpc) is 2.58. The first-order chi connectivity index (χ1) is 10.8. The molecule has 0 N–H and O–H groups in total. The van der Waals surface area contributed by atoms with Gasteiger partial charge in [0, 0.05) is 0 Å². The summed E-state index contributed by atoms with van der Waals surface area (Å²) in [6.07, 6.45) is 6.84. The van der Waals surface area contributed by atoms with Gasteiger partial charge in [-0.2, -0.15) is 0 Å². The highest BCUT2D eigenvalue weighted by Crippen LogP contribution is 2.34. The summed E-state index contributed by atoms with van der Waals surface area (Å²) >= 11 is 6.29. The van der Waals surface area contributed by atoms with Crippen LogP contribution in [0.25, 0.3) is 11.1 Å². The Morgan fingerprint density at radius 2 is 1.64 bits per heavy atom. The van der Waals surface area contributed by atoms with Gasteiger partial charge in [-0.1, -0.05) is 61.2 Å². The van der Waals surface area contributed by atoms with Gasteiger partial charge >= 0.3 is 0 Å². The summed E-state index contributed by atoms with van der Waals surface area (Å²) in [6, 6.07) is 15.0. The number of hydrogen-bond donors (Lipinski definition) is 0. The van der Waals surface area contributed by atoms with Gasteiger partial charge in [0.2, 0.25) is 0 Å². The van der Waals surface area contributed by atoms with E-state index in [1.165, 1.54) is 43.2 Å². The lowest BCUT2D eigenvalue weighted by molar-refractivity contribution is 0.340. The molecule has 0 radical (unpaired) electrons. The lowest BCUT2D eigenvalue weighted by Crippen LogP contribution is -2.04. The molecule has 1 fully saturated rings. The zero-order chi connectivity index (χ0) is 15.4. The molecule has 0 atom stereocenters. The molecule has 1 aliphatic rings. The van der Waals surface area contributed by atoms with E-state index in [9.17, 15) is 0 Å². The molecule has 22 heavy (non-hydrogen) atoms. The second-order valence-corrected chi connectivity index (χ2v) is 6.44. The lowest BCUT2D eigenvalue weighted by atomic mass is 9.84. The molecule has 0 aromatic heterocycles. The second kappa shape index (κ2) is 7.19. The summed E-state index contributed by atoms with van der Waals surface area (Å²) in [5, 5.41) is 0.677. The van der Waals surface area contributed by atoms with Crippen LogP contribution in [0, 0.1) is 0 Å². The van der Waals surface area contributed by atoms with Gasteiger partial charge in [-0.25, -0.2) is 0 Å². The first-order valence-electron chi connectivity index (χ1n) is 8.30. The van der Waals surface area contributed by atoms with Crippen LogP contribution in [-0.4, -0.2) is 6.61 Å². The van der Waals surface area contributed by atoms with Crippen LogP contribution in [-0.2, 0) is 0 Å². The highest BCUT2D eigenvalue weighted by atomic mass is 35.5. The molecule has 0 spiro atoms. The predicted molar refractivity (Wildman–Crippen MR) is 93.9 cm³/mol. The van der Waals surface area contributed by atoms with Crippen molar-refractivity contribution in [3.8, 4) is 16.9 Å². The van der Waals surface area contributed by atoms with Crippen molar-refractivity contribution >= 4 is 11.6 Å². The fourth-order valence-corrected chi connectivity index (χ4v) is 3.57. The molecule has 116 valence electrons. The summed E-state index contributed by atoms with van der Waals surface area (Å²) in [6.45, 7) is 2.60. The van der Waals surface area contributed by atoms with Crippen LogP contribution < -0.4 is 4.74 Å². The zero-order valence-corrected chi connectivity index (χ0v) is 13.9. The van der Waals surface area contributed by atoms with Gasteiger partial charge in [0.1, 0.15) is 5.75 Å². The normalized spacial score (nSPS) is 15.7. The van der Waals surface area contributed by atoms with E-state index in [-0.39, 0.29) is 0 Å². The van der Waals surface area contributed by atoms with Gasteiger partial charge in [0.05, 0.1) is 11.6 Å². The van der Waals surface area contributed by atoms with E-state index < -0.39 is 0 Å². The maximum Gasteiger partial charge on any atom is 0.137 e. The van der Waals surface area contributed by atoms with Gasteiger partial charge in [0.15, 0.2) is 0 Å². The summed E-state index contributed by atoms with van der Waals surface area (Å²) in [7, 11) is 0. The van der Waals surface area contributed by atoms with Crippen molar-refractivity contribution in [1.82, 2.24) is 0 Å². The van der Waals surface area contributed by atoms with Crippen molar-refractivity contribution in [3.05, 3.63) is 53.1 Å². The highest BCUT2D eigenvalue weighted by molar-refractivity contribution is 6.32. The predicted octanol–water partition coefficient (Wildman–Crippen LogP) is 6.45. The number of hydrogen-bond acceptors (Lipinski definition) is 1. The van der Waals surface area contributed by atoms with Crippen molar-refractivity contribution in [2.45, 2.75) is 44.9 Å². The Morgan fingerprint density at radius 3 is 2.27 bits per heavy atom. The van der Waals surface area contributed by atoms with Crippen LogP contribution in [0.5, 0.6) is 5.75 Å². The minimum Gasteiger partial charge on any atom is -0.492 e. The van der Waals surface area contributed by atoms with Gasteiger partial charge in [-0.15, -0.1) is 0 Å². The van der Waals surface area contributed by atoms with Crippen LogP contribution in [0.1, 0.15) is 50.5 Å². The van der Waals surface area contributed by atoms with E-state index in [2.05, 4.69) is 30.3 Å². The zero-order valence-electron chi connectivity index (χ0n) is 13.1. The van der Waals surface area contributed by atoms with Gasteiger partial charge < -0.3 is 4.74 Å². The van der Waals surface area contributed by atoms with Crippen molar-refractivity contribution in [2.24, 2.45) is 0 Å². The van der Waals surface area contributed by atoms with Crippen LogP contribution in [0.2, 0.25) is 5.02 Å². The molecule has 2 heteroatoms. The van der Waals surface area contributed by atoms with Gasteiger partial charge in [-0.05, 0) is 54.5 Å². The van der Waals surface area contributed by atoms with Crippen LogP contribution in [0.15, 0.2) is 42.5 Å². The third-order valence-electron chi connectivity index (χ3n) is 4.55. The quantitative estimate of drug-likeness (QED) is 0.629. The summed E-state index contributed by atoms with van der Waals surface area (Å²) in [5.74, 6) is 1.51. The van der Waals surface area contributed by atoms with Crippen molar-refractivity contribution in [1.29, 1.82) is 0 Å². The topological polar surface area (TPSA) is 9.23 Å². The van der Waals surface area contributed by atoms with Gasteiger partial charge in [-0.3, -0.25) is 0 Å². The lowest BCUT2D eigenvalue weighted by Gasteiger charge is -2.22. The molecular weight excluding hydrogens is 292 g/mol. The maximum atomic E-state index is 6.29. The summed E-state index contributed by atoms with van der Waals surface area (Å²) in [5.41, 5.74) is 3.84. The Hall–Kier alpha value is -1.47. The van der Waals surface area contributed by atoms with E-state index in [0.717, 1.165) is 17.2 Å². The third kappa shape index (κ3) is 3.47. The SMILES string of the molecule is CCOc1ccc(-c2ccc(C3CCCCC3)cc2)cc1Cl. The average molecular weight is 315 g/mol. The molecule has 0 aliphatic heterocycles. The van der Waals surface area contributed by atoms with Crippen LogP contribution >= 0.6 is 11.6 Å². The van der Waals surface area contributed by atoms with E-state index >= 15 is 0 Å².